The molecule has 0 heterocycles. The predicted molar refractivity (Wildman–Crippen MR) is 169 cm³/mol. The number of hydrogen-bond acceptors (Lipinski definition) is 4. The first kappa shape index (κ1) is 27.4. The highest BCUT2D eigenvalue weighted by atomic mass is 79.9. The number of rotatable bonds is 8. The van der Waals surface area contributed by atoms with Gasteiger partial charge in [-0.25, -0.2) is 10.9 Å². The molecular formula is C32H24Br2N4O2. The van der Waals surface area contributed by atoms with Gasteiger partial charge in [-0.2, -0.15) is 10.2 Å². The van der Waals surface area contributed by atoms with E-state index in [0.717, 1.165) is 52.7 Å². The number of hydrogen-bond donors (Lipinski definition) is 2. The number of carbonyl (C=O) groups excluding carboxylic acids is 2. The average Bonchev–Trinajstić information content (AvgIpc) is 2.97. The fourth-order valence-corrected chi connectivity index (χ4v) is 5.43. The number of nitrogens with one attached hydrogen (secondary N) is 2. The minimum absolute atomic E-state index is 0.202. The molecule has 0 aliphatic heterocycles. The lowest BCUT2D eigenvalue weighted by atomic mass is 10.0. The maximum Gasteiger partial charge on any atom is 0.244 e. The van der Waals surface area contributed by atoms with Gasteiger partial charge in [0.25, 0.3) is 0 Å². The van der Waals surface area contributed by atoms with Crippen LogP contribution in [-0.4, -0.2) is 24.2 Å². The molecule has 0 fully saturated rings. The van der Waals surface area contributed by atoms with Crippen LogP contribution in [-0.2, 0) is 22.4 Å². The van der Waals surface area contributed by atoms with Crippen molar-refractivity contribution in [2.24, 2.45) is 10.2 Å². The molecule has 8 heteroatoms. The Balaban J connectivity index is 1.20. The molecular weight excluding hydrogens is 632 g/mol. The van der Waals surface area contributed by atoms with Crippen LogP contribution in [0.5, 0.6) is 0 Å². The van der Waals surface area contributed by atoms with Crippen LogP contribution >= 0.6 is 31.9 Å². The fraction of sp³-hybridized carbons (Fsp3) is 0.0625. The summed E-state index contributed by atoms with van der Waals surface area (Å²) in [5.74, 6) is -0.440. The Morgan fingerprint density at radius 2 is 0.925 bits per heavy atom. The van der Waals surface area contributed by atoms with Crippen molar-refractivity contribution in [3.8, 4) is 0 Å². The lowest BCUT2D eigenvalue weighted by Gasteiger charge is -2.08. The molecule has 0 bridgehead atoms. The molecule has 2 N–H and O–H groups in total. The Hall–Kier alpha value is -4.14. The van der Waals surface area contributed by atoms with E-state index in [1.165, 1.54) is 0 Å². The van der Waals surface area contributed by atoms with E-state index in [1.807, 2.05) is 97.1 Å². The first-order chi connectivity index (χ1) is 19.5. The van der Waals surface area contributed by atoms with Gasteiger partial charge in [0, 0.05) is 20.1 Å². The van der Waals surface area contributed by atoms with Gasteiger partial charge in [-0.3, -0.25) is 9.59 Å². The van der Waals surface area contributed by atoms with Gasteiger partial charge in [-0.05, 0) is 44.8 Å². The van der Waals surface area contributed by atoms with E-state index in [-0.39, 0.29) is 24.7 Å². The number of benzene rings is 5. The molecule has 0 radical (unpaired) electrons. The highest BCUT2D eigenvalue weighted by molar-refractivity contribution is 9.11. The largest absolute Gasteiger partial charge is 0.273 e. The van der Waals surface area contributed by atoms with Gasteiger partial charge in [-0.1, -0.05) is 117 Å². The minimum Gasteiger partial charge on any atom is -0.273 e. The molecule has 0 saturated carbocycles. The molecule has 2 amide bonds. The van der Waals surface area contributed by atoms with Crippen LogP contribution in [0.4, 0.5) is 0 Å². The summed E-state index contributed by atoms with van der Waals surface area (Å²) in [4.78, 5) is 25.2. The third kappa shape index (κ3) is 6.52. The molecule has 0 aliphatic carbocycles. The van der Waals surface area contributed by atoms with Crippen LogP contribution in [0.3, 0.4) is 0 Å². The molecule has 5 aromatic rings. The Labute approximate surface area is 248 Å². The third-order valence-electron chi connectivity index (χ3n) is 6.41. The molecule has 6 nitrogen and oxygen atoms in total. The SMILES string of the molecule is O=C(Cc1ccc(Br)c2ccccc12)N/N=C\c1ccccc1/C=N\NC(=O)Cc1ccc(Br)c2ccccc12. The van der Waals surface area contributed by atoms with Crippen molar-refractivity contribution in [2.45, 2.75) is 12.8 Å². The molecule has 0 aromatic heterocycles. The number of nitrogens with zero attached hydrogens (tertiary/aromatic N) is 2. The molecule has 5 aromatic carbocycles. The van der Waals surface area contributed by atoms with Crippen LogP contribution in [0.15, 0.2) is 116 Å². The number of hydrazone groups is 2. The van der Waals surface area contributed by atoms with Crippen molar-refractivity contribution in [3.05, 3.63) is 128 Å². The summed E-state index contributed by atoms with van der Waals surface area (Å²) in [5.41, 5.74) is 8.55. The van der Waals surface area contributed by atoms with Crippen LogP contribution in [0, 0.1) is 0 Å². The highest BCUT2D eigenvalue weighted by Gasteiger charge is 2.10. The van der Waals surface area contributed by atoms with Crippen LogP contribution < -0.4 is 10.9 Å². The monoisotopic (exact) mass is 654 g/mol. The molecule has 5 rings (SSSR count). The second-order valence-electron chi connectivity index (χ2n) is 9.07. The molecule has 0 aliphatic rings. The second-order valence-corrected chi connectivity index (χ2v) is 10.8. The van der Waals surface area contributed by atoms with E-state index in [4.69, 9.17) is 0 Å². The lowest BCUT2D eigenvalue weighted by molar-refractivity contribution is -0.121. The van der Waals surface area contributed by atoms with E-state index < -0.39 is 0 Å². The Morgan fingerprint density at radius 3 is 1.35 bits per heavy atom. The Morgan fingerprint density at radius 1 is 0.550 bits per heavy atom. The molecule has 40 heavy (non-hydrogen) atoms. The first-order valence-corrected chi connectivity index (χ1v) is 14.1. The molecule has 198 valence electrons. The number of amides is 2. The zero-order valence-electron chi connectivity index (χ0n) is 21.3. The lowest BCUT2D eigenvalue weighted by Crippen LogP contribution is -2.20. The van der Waals surface area contributed by atoms with Crippen molar-refractivity contribution in [3.63, 3.8) is 0 Å². The van der Waals surface area contributed by atoms with Crippen LogP contribution in [0.2, 0.25) is 0 Å². The maximum atomic E-state index is 12.6. The fourth-order valence-electron chi connectivity index (χ4n) is 4.48. The van der Waals surface area contributed by atoms with Gasteiger partial charge in [0.1, 0.15) is 0 Å². The van der Waals surface area contributed by atoms with Crippen molar-refractivity contribution >= 4 is 77.6 Å². The Bertz CT molecular complexity index is 1650. The third-order valence-corrected chi connectivity index (χ3v) is 7.79. The van der Waals surface area contributed by atoms with E-state index in [9.17, 15) is 9.59 Å². The summed E-state index contributed by atoms with van der Waals surface area (Å²) in [6.07, 6.45) is 3.53. The van der Waals surface area contributed by atoms with Crippen molar-refractivity contribution < 1.29 is 9.59 Å². The van der Waals surface area contributed by atoms with Gasteiger partial charge < -0.3 is 0 Å². The number of halogens is 2. The standard InChI is InChI=1S/C32H24Br2N4O2/c33-29-15-13-21(25-9-3-5-11-27(25)29)17-31(39)37-35-19-23-7-1-2-8-24(23)20-36-38-32(40)18-22-14-16-30(34)28-12-6-4-10-26(22)28/h1-16,19-20H,17-18H2,(H,37,39)(H,38,40)/b35-19-,36-20-. The molecule has 0 unspecified atom stereocenters. The first-order valence-electron chi connectivity index (χ1n) is 12.5. The zero-order chi connectivity index (χ0) is 27.9. The summed E-state index contributed by atoms with van der Waals surface area (Å²) in [7, 11) is 0. The van der Waals surface area contributed by atoms with Crippen molar-refractivity contribution in [1.82, 2.24) is 10.9 Å². The van der Waals surface area contributed by atoms with Crippen LogP contribution in [0.25, 0.3) is 21.5 Å². The smallest absolute Gasteiger partial charge is 0.244 e. The van der Waals surface area contributed by atoms with E-state index in [0.29, 0.717) is 0 Å². The average molecular weight is 656 g/mol. The van der Waals surface area contributed by atoms with Crippen molar-refractivity contribution in [2.75, 3.05) is 0 Å². The van der Waals surface area contributed by atoms with Gasteiger partial charge in [0.2, 0.25) is 11.8 Å². The molecule has 0 spiro atoms. The van der Waals surface area contributed by atoms with Gasteiger partial charge in [0.05, 0.1) is 25.3 Å². The van der Waals surface area contributed by atoms with Crippen LogP contribution in [0.1, 0.15) is 22.3 Å². The summed E-state index contributed by atoms with van der Waals surface area (Å²) >= 11 is 7.13. The van der Waals surface area contributed by atoms with E-state index in [1.54, 1.807) is 12.4 Å². The minimum atomic E-state index is -0.220. The summed E-state index contributed by atoms with van der Waals surface area (Å²) in [5, 5.41) is 12.4. The van der Waals surface area contributed by atoms with Gasteiger partial charge in [-0.15, -0.1) is 0 Å². The highest BCUT2D eigenvalue weighted by Crippen LogP contribution is 2.28. The quantitative estimate of drug-likeness (QED) is 0.141. The number of fused-ring (bicyclic) bond motifs is 2. The topological polar surface area (TPSA) is 82.9 Å². The van der Waals surface area contributed by atoms with E-state index >= 15 is 0 Å². The Kier molecular flexibility index (Phi) is 8.78. The summed E-state index contributed by atoms with van der Waals surface area (Å²) in [6, 6.07) is 31.1. The maximum absolute atomic E-state index is 12.6. The number of carbonyl (C=O) groups is 2. The van der Waals surface area contributed by atoms with Gasteiger partial charge >= 0.3 is 0 Å². The van der Waals surface area contributed by atoms with E-state index in [2.05, 4.69) is 52.9 Å². The second kappa shape index (κ2) is 12.8. The molecule has 0 saturated heterocycles. The summed E-state index contributed by atoms with van der Waals surface area (Å²) < 4.78 is 1.98. The molecule has 0 atom stereocenters. The predicted octanol–water partition coefficient (Wildman–Crippen LogP) is 6.90. The van der Waals surface area contributed by atoms with Gasteiger partial charge in [0.15, 0.2) is 0 Å². The van der Waals surface area contributed by atoms with Crippen molar-refractivity contribution in [1.29, 1.82) is 0 Å². The summed E-state index contributed by atoms with van der Waals surface area (Å²) in [6.45, 7) is 0. The normalized spacial score (nSPS) is 11.4. The zero-order valence-corrected chi connectivity index (χ0v) is 24.4.